The summed E-state index contributed by atoms with van der Waals surface area (Å²) in [4.78, 5) is 0. The van der Waals surface area contributed by atoms with E-state index in [4.69, 9.17) is 0 Å². The van der Waals surface area contributed by atoms with Gasteiger partial charge in [-0.1, -0.05) is 25.2 Å². The first-order valence-corrected chi connectivity index (χ1v) is 7.44. The maximum atomic E-state index is 4.19. The van der Waals surface area contributed by atoms with Crippen LogP contribution in [0.5, 0.6) is 0 Å². The molecule has 0 saturated carbocycles. The molecule has 0 aromatic carbocycles. The van der Waals surface area contributed by atoms with Crippen LogP contribution in [-0.4, -0.2) is 16.2 Å². The van der Waals surface area contributed by atoms with E-state index in [1.165, 1.54) is 0 Å². The van der Waals surface area contributed by atoms with Gasteiger partial charge < -0.3 is 5.32 Å². The lowest BCUT2D eigenvalue weighted by Gasteiger charge is -2.03. The predicted octanol–water partition coefficient (Wildman–Crippen LogP) is 3.53. The third-order valence-electron chi connectivity index (χ3n) is 1.94. The van der Waals surface area contributed by atoms with Crippen molar-refractivity contribution in [3.8, 4) is 10.6 Å². The molecule has 2 aromatic heterocycles. The van der Waals surface area contributed by atoms with Crippen LogP contribution in [0.1, 0.15) is 18.9 Å². The van der Waals surface area contributed by atoms with Crippen LogP contribution < -0.4 is 5.32 Å². The molecular formula is C10H12BrN3S2. The molecule has 0 amide bonds. The Labute approximate surface area is 111 Å². The Bertz CT molecular complexity index is 464. The van der Waals surface area contributed by atoms with Gasteiger partial charge in [-0.15, -0.1) is 21.5 Å². The second kappa shape index (κ2) is 5.35. The smallest absolute Gasteiger partial charge is 0.148 e. The Morgan fingerprint density at radius 1 is 1.44 bits per heavy atom. The second-order valence-electron chi connectivity index (χ2n) is 3.68. The Morgan fingerprint density at radius 2 is 2.25 bits per heavy atom. The second-order valence-corrected chi connectivity index (χ2v) is 7.03. The van der Waals surface area contributed by atoms with Crippen LogP contribution in [0.3, 0.4) is 0 Å². The summed E-state index contributed by atoms with van der Waals surface area (Å²) >= 11 is 6.76. The molecule has 6 heteroatoms. The molecule has 16 heavy (non-hydrogen) atoms. The summed E-state index contributed by atoms with van der Waals surface area (Å²) in [6.07, 6.45) is 0. The summed E-state index contributed by atoms with van der Waals surface area (Å²) in [6, 6.07) is 2.55. The predicted molar refractivity (Wildman–Crippen MR) is 72.9 cm³/mol. The van der Waals surface area contributed by atoms with E-state index >= 15 is 0 Å². The number of aromatic nitrogens is 2. The van der Waals surface area contributed by atoms with Crippen LogP contribution in [0.4, 0.5) is 0 Å². The van der Waals surface area contributed by atoms with Crippen molar-refractivity contribution in [1.29, 1.82) is 0 Å². The number of hydrogen-bond acceptors (Lipinski definition) is 5. The van der Waals surface area contributed by atoms with Crippen molar-refractivity contribution in [3.63, 3.8) is 0 Å². The maximum absolute atomic E-state index is 4.19. The minimum atomic E-state index is 0.475. The highest BCUT2D eigenvalue weighted by molar-refractivity contribution is 9.11. The summed E-state index contributed by atoms with van der Waals surface area (Å²) in [6.45, 7) is 5.04. The average molecular weight is 318 g/mol. The van der Waals surface area contributed by atoms with Gasteiger partial charge >= 0.3 is 0 Å². The first kappa shape index (κ1) is 12.2. The van der Waals surface area contributed by atoms with Crippen LogP contribution in [0.2, 0.25) is 0 Å². The van der Waals surface area contributed by atoms with E-state index in [2.05, 4.69) is 56.7 Å². The standard InChI is InChI=1S/C10H12BrN3S2/c1-6(2)12-4-9-13-14-10(16-9)7-3-8(11)15-5-7/h3,5-6,12H,4H2,1-2H3. The quantitative estimate of drug-likeness (QED) is 0.937. The lowest BCUT2D eigenvalue weighted by atomic mass is 10.4. The van der Waals surface area contributed by atoms with Crippen LogP contribution >= 0.6 is 38.6 Å². The topological polar surface area (TPSA) is 37.8 Å². The molecule has 0 saturated heterocycles. The van der Waals surface area contributed by atoms with E-state index in [1.807, 2.05) is 0 Å². The zero-order valence-corrected chi connectivity index (χ0v) is 12.2. The van der Waals surface area contributed by atoms with Crippen molar-refractivity contribution in [3.05, 3.63) is 20.2 Å². The van der Waals surface area contributed by atoms with Crippen molar-refractivity contribution in [2.24, 2.45) is 0 Å². The Hall–Kier alpha value is -0.300. The normalized spacial score (nSPS) is 11.2. The number of halogens is 1. The minimum Gasteiger partial charge on any atom is -0.308 e. The fourth-order valence-electron chi connectivity index (χ4n) is 1.16. The molecule has 0 aliphatic heterocycles. The molecule has 0 aliphatic rings. The van der Waals surface area contributed by atoms with Gasteiger partial charge in [0.2, 0.25) is 0 Å². The zero-order valence-electron chi connectivity index (χ0n) is 9.03. The Morgan fingerprint density at radius 3 is 2.88 bits per heavy atom. The molecule has 0 aliphatic carbocycles. The largest absolute Gasteiger partial charge is 0.308 e. The van der Waals surface area contributed by atoms with Crippen LogP contribution in [0, 0.1) is 0 Å². The van der Waals surface area contributed by atoms with E-state index < -0.39 is 0 Å². The highest BCUT2D eigenvalue weighted by atomic mass is 79.9. The number of rotatable bonds is 4. The molecule has 3 nitrogen and oxygen atoms in total. The third kappa shape index (κ3) is 3.10. The van der Waals surface area contributed by atoms with E-state index in [0.717, 1.165) is 25.9 Å². The Kier molecular flexibility index (Phi) is 4.07. The number of nitrogens with one attached hydrogen (secondary N) is 1. The van der Waals surface area contributed by atoms with Gasteiger partial charge in [0.05, 0.1) is 3.79 Å². The zero-order chi connectivity index (χ0) is 11.5. The minimum absolute atomic E-state index is 0.475. The van der Waals surface area contributed by atoms with Gasteiger partial charge in [0.25, 0.3) is 0 Å². The van der Waals surface area contributed by atoms with E-state index in [-0.39, 0.29) is 0 Å². The highest BCUT2D eigenvalue weighted by Crippen LogP contribution is 2.30. The van der Waals surface area contributed by atoms with E-state index in [1.54, 1.807) is 22.7 Å². The molecule has 0 atom stereocenters. The monoisotopic (exact) mass is 317 g/mol. The Balaban J connectivity index is 2.07. The van der Waals surface area contributed by atoms with Gasteiger partial charge in [-0.05, 0) is 22.0 Å². The van der Waals surface area contributed by atoms with Crippen molar-refractivity contribution in [2.75, 3.05) is 0 Å². The van der Waals surface area contributed by atoms with Crippen molar-refractivity contribution in [2.45, 2.75) is 26.4 Å². The molecule has 2 rings (SSSR count). The lowest BCUT2D eigenvalue weighted by molar-refractivity contribution is 0.585. The summed E-state index contributed by atoms with van der Waals surface area (Å²) in [5, 5.41) is 15.8. The number of hydrogen-bond donors (Lipinski definition) is 1. The molecule has 0 fully saturated rings. The van der Waals surface area contributed by atoms with Crippen LogP contribution in [-0.2, 0) is 6.54 Å². The first-order valence-electron chi connectivity index (χ1n) is 4.95. The third-order valence-corrected chi connectivity index (χ3v) is 4.42. The lowest BCUT2D eigenvalue weighted by Crippen LogP contribution is -2.21. The molecule has 1 N–H and O–H groups in total. The fraction of sp³-hybridized carbons (Fsp3) is 0.400. The summed E-state index contributed by atoms with van der Waals surface area (Å²) in [5.41, 5.74) is 1.14. The molecule has 0 spiro atoms. The van der Waals surface area contributed by atoms with Gasteiger partial charge in [0.15, 0.2) is 0 Å². The molecule has 0 bridgehead atoms. The number of thiophene rings is 1. The summed E-state index contributed by atoms with van der Waals surface area (Å²) in [7, 11) is 0. The summed E-state index contributed by atoms with van der Waals surface area (Å²) < 4.78 is 1.12. The first-order chi connectivity index (χ1) is 7.65. The van der Waals surface area contributed by atoms with Gasteiger partial charge in [-0.3, -0.25) is 0 Å². The molecule has 2 heterocycles. The number of nitrogens with zero attached hydrogens (tertiary/aromatic N) is 2. The van der Waals surface area contributed by atoms with Crippen LogP contribution in [0.15, 0.2) is 15.2 Å². The highest BCUT2D eigenvalue weighted by Gasteiger charge is 2.08. The van der Waals surface area contributed by atoms with Crippen molar-refractivity contribution in [1.82, 2.24) is 15.5 Å². The van der Waals surface area contributed by atoms with Crippen LogP contribution in [0.25, 0.3) is 10.6 Å². The van der Waals surface area contributed by atoms with Gasteiger partial charge in [-0.2, -0.15) is 0 Å². The van der Waals surface area contributed by atoms with E-state index in [9.17, 15) is 0 Å². The molecule has 2 aromatic rings. The maximum Gasteiger partial charge on any atom is 0.148 e. The van der Waals surface area contributed by atoms with Gasteiger partial charge in [0.1, 0.15) is 10.0 Å². The van der Waals surface area contributed by atoms with Gasteiger partial charge in [0, 0.05) is 23.5 Å². The van der Waals surface area contributed by atoms with Gasteiger partial charge in [-0.25, -0.2) is 0 Å². The SMILES string of the molecule is CC(C)NCc1nnc(-c2csc(Br)c2)s1. The van der Waals surface area contributed by atoms with E-state index in [0.29, 0.717) is 6.04 Å². The molecular weight excluding hydrogens is 306 g/mol. The van der Waals surface area contributed by atoms with Crippen molar-refractivity contribution >= 4 is 38.6 Å². The average Bonchev–Trinajstić information content (AvgIpc) is 2.83. The molecule has 0 unspecified atom stereocenters. The fourth-order valence-corrected chi connectivity index (χ4v) is 3.15. The summed E-state index contributed by atoms with van der Waals surface area (Å²) in [5.74, 6) is 0. The molecule has 0 radical (unpaired) electrons. The van der Waals surface area contributed by atoms with Crippen molar-refractivity contribution < 1.29 is 0 Å². The molecule has 86 valence electrons.